The van der Waals surface area contributed by atoms with E-state index in [4.69, 9.17) is 0 Å². The molecule has 0 bridgehead atoms. The van der Waals surface area contributed by atoms with Gasteiger partial charge in [-0.1, -0.05) is 24.3 Å². The van der Waals surface area contributed by atoms with E-state index in [2.05, 4.69) is 10.3 Å². The van der Waals surface area contributed by atoms with Crippen LogP contribution in [0.1, 0.15) is 15.9 Å². The van der Waals surface area contributed by atoms with Crippen molar-refractivity contribution in [1.29, 1.82) is 0 Å². The average molecular weight is 304 g/mol. The van der Waals surface area contributed by atoms with Crippen molar-refractivity contribution in [2.24, 2.45) is 0 Å². The van der Waals surface area contributed by atoms with Crippen LogP contribution in [0.3, 0.4) is 0 Å². The van der Waals surface area contributed by atoms with E-state index in [-0.39, 0.29) is 5.69 Å². The molecule has 112 valence electrons. The Balaban J connectivity index is 1.89. The predicted molar refractivity (Wildman–Crippen MR) is 77.7 cm³/mol. The van der Waals surface area contributed by atoms with Crippen molar-refractivity contribution in [3.8, 4) is 0 Å². The van der Waals surface area contributed by atoms with Crippen LogP contribution in [0.15, 0.2) is 54.7 Å². The molecule has 0 aliphatic carbocycles. The van der Waals surface area contributed by atoms with Crippen molar-refractivity contribution in [1.82, 2.24) is 4.98 Å². The van der Waals surface area contributed by atoms with Crippen molar-refractivity contribution in [3.05, 3.63) is 65.9 Å². The second-order valence-electron chi connectivity index (χ2n) is 4.78. The molecule has 1 aromatic heterocycles. The first-order valence-electron chi connectivity index (χ1n) is 6.50. The number of hydrogen-bond acceptors (Lipinski definition) is 1. The number of rotatable bonds is 2. The summed E-state index contributed by atoms with van der Waals surface area (Å²) in [5, 5.41) is 3.20. The van der Waals surface area contributed by atoms with Gasteiger partial charge in [-0.25, -0.2) is 0 Å². The molecule has 0 radical (unpaired) electrons. The third-order valence-corrected chi connectivity index (χ3v) is 3.28. The molecule has 3 rings (SSSR count). The summed E-state index contributed by atoms with van der Waals surface area (Å²) in [5.41, 5.74) is 0.471. The van der Waals surface area contributed by atoms with E-state index in [1.807, 2.05) is 12.1 Å². The summed E-state index contributed by atoms with van der Waals surface area (Å²) in [7, 11) is 0. The number of anilines is 1. The van der Waals surface area contributed by atoms with Crippen molar-refractivity contribution in [2.45, 2.75) is 6.18 Å². The van der Waals surface area contributed by atoms with Gasteiger partial charge in [0, 0.05) is 22.8 Å². The van der Waals surface area contributed by atoms with E-state index in [1.54, 1.807) is 12.1 Å². The summed E-state index contributed by atoms with van der Waals surface area (Å²) < 4.78 is 38.0. The fourth-order valence-electron chi connectivity index (χ4n) is 2.23. The van der Waals surface area contributed by atoms with Gasteiger partial charge in [0.05, 0.1) is 11.1 Å². The number of alkyl halides is 3. The van der Waals surface area contributed by atoms with Gasteiger partial charge >= 0.3 is 6.18 Å². The summed E-state index contributed by atoms with van der Waals surface area (Å²) >= 11 is 0. The number of aromatic nitrogens is 1. The molecule has 1 heterocycles. The monoisotopic (exact) mass is 304 g/mol. The quantitative estimate of drug-likeness (QED) is 0.722. The van der Waals surface area contributed by atoms with Gasteiger partial charge < -0.3 is 10.3 Å². The lowest BCUT2D eigenvalue weighted by Crippen LogP contribution is -2.12. The molecule has 0 aliphatic rings. The van der Waals surface area contributed by atoms with Crippen LogP contribution in [0.25, 0.3) is 10.9 Å². The minimum absolute atomic E-state index is 0.102. The Bertz CT molecular complexity index is 837. The largest absolute Gasteiger partial charge is 0.416 e. The number of halogens is 3. The topological polar surface area (TPSA) is 44.9 Å². The lowest BCUT2D eigenvalue weighted by atomic mass is 10.1. The molecule has 0 unspecified atom stereocenters. The summed E-state index contributed by atoms with van der Waals surface area (Å²) in [6.45, 7) is 0. The molecular weight excluding hydrogens is 293 g/mol. The zero-order chi connectivity index (χ0) is 15.7. The Labute approximate surface area is 123 Å². The van der Waals surface area contributed by atoms with Crippen molar-refractivity contribution < 1.29 is 18.0 Å². The highest BCUT2D eigenvalue weighted by atomic mass is 19.4. The lowest BCUT2D eigenvalue weighted by molar-refractivity contribution is -0.137. The summed E-state index contributed by atoms with van der Waals surface area (Å²) in [5.74, 6) is -0.461. The fourth-order valence-corrected chi connectivity index (χ4v) is 2.23. The van der Waals surface area contributed by atoms with Crippen LogP contribution in [0, 0.1) is 0 Å². The number of benzene rings is 2. The van der Waals surface area contributed by atoms with E-state index < -0.39 is 17.6 Å². The molecule has 2 N–H and O–H groups in total. The number of amides is 1. The van der Waals surface area contributed by atoms with Crippen LogP contribution < -0.4 is 5.32 Å². The van der Waals surface area contributed by atoms with Gasteiger partial charge in [0.1, 0.15) is 0 Å². The van der Waals surface area contributed by atoms with Gasteiger partial charge in [-0.2, -0.15) is 13.2 Å². The number of carbonyl (C=O) groups is 1. The molecule has 0 fully saturated rings. The van der Waals surface area contributed by atoms with E-state index in [0.29, 0.717) is 10.9 Å². The minimum atomic E-state index is -4.44. The molecule has 0 spiro atoms. The zero-order valence-corrected chi connectivity index (χ0v) is 11.2. The average Bonchev–Trinajstić information content (AvgIpc) is 2.90. The molecule has 0 saturated heterocycles. The van der Waals surface area contributed by atoms with Gasteiger partial charge in [0.2, 0.25) is 0 Å². The van der Waals surface area contributed by atoms with Gasteiger partial charge in [-0.15, -0.1) is 0 Å². The van der Waals surface area contributed by atoms with Gasteiger partial charge in [0.25, 0.3) is 5.91 Å². The Hall–Kier alpha value is -2.76. The van der Waals surface area contributed by atoms with Gasteiger partial charge in [0.15, 0.2) is 0 Å². The van der Waals surface area contributed by atoms with Crippen LogP contribution in [0.5, 0.6) is 0 Å². The Morgan fingerprint density at radius 2 is 1.82 bits per heavy atom. The van der Waals surface area contributed by atoms with Crippen LogP contribution in [0.2, 0.25) is 0 Å². The van der Waals surface area contributed by atoms with E-state index >= 15 is 0 Å². The molecule has 3 nitrogen and oxygen atoms in total. The molecule has 0 atom stereocenters. The maximum absolute atomic E-state index is 12.7. The van der Waals surface area contributed by atoms with Crippen LogP contribution in [0.4, 0.5) is 18.9 Å². The Morgan fingerprint density at radius 3 is 2.59 bits per heavy atom. The molecule has 2 aromatic carbocycles. The number of nitrogens with one attached hydrogen (secondary N) is 2. The number of aromatic amines is 1. The molecule has 22 heavy (non-hydrogen) atoms. The first-order chi connectivity index (χ1) is 10.4. The highest BCUT2D eigenvalue weighted by molar-refractivity contribution is 6.12. The van der Waals surface area contributed by atoms with E-state index in [0.717, 1.165) is 17.6 Å². The molecule has 1 amide bonds. The molecule has 0 aliphatic heterocycles. The maximum Gasteiger partial charge on any atom is 0.416 e. The van der Waals surface area contributed by atoms with E-state index in [1.165, 1.54) is 18.3 Å². The lowest BCUT2D eigenvalue weighted by Gasteiger charge is -2.09. The van der Waals surface area contributed by atoms with Crippen LogP contribution in [-0.4, -0.2) is 10.9 Å². The molecule has 6 heteroatoms. The smallest absolute Gasteiger partial charge is 0.360 e. The maximum atomic E-state index is 12.7. The molecular formula is C16H11F3N2O. The van der Waals surface area contributed by atoms with Crippen LogP contribution in [-0.2, 0) is 6.18 Å². The normalized spacial score (nSPS) is 11.6. The molecule has 0 saturated carbocycles. The summed E-state index contributed by atoms with van der Waals surface area (Å²) in [6.07, 6.45) is -2.91. The highest BCUT2D eigenvalue weighted by Crippen LogP contribution is 2.30. The van der Waals surface area contributed by atoms with Crippen molar-refractivity contribution in [2.75, 3.05) is 5.32 Å². The number of hydrogen-bond donors (Lipinski definition) is 2. The first-order valence-corrected chi connectivity index (χ1v) is 6.50. The first kappa shape index (κ1) is 14.2. The molecule has 3 aromatic rings. The van der Waals surface area contributed by atoms with Gasteiger partial charge in [-0.3, -0.25) is 4.79 Å². The van der Waals surface area contributed by atoms with Crippen molar-refractivity contribution in [3.63, 3.8) is 0 Å². The van der Waals surface area contributed by atoms with Crippen LogP contribution >= 0.6 is 0 Å². The standard InChI is InChI=1S/C16H11F3N2O/c17-16(18,19)10-4-3-5-11(8-10)21-15(22)13-9-20-14-7-2-1-6-12(13)14/h1-9,20H,(H,21,22). The second-order valence-corrected chi connectivity index (χ2v) is 4.78. The van der Waals surface area contributed by atoms with E-state index in [9.17, 15) is 18.0 Å². The predicted octanol–water partition coefficient (Wildman–Crippen LogP) is 4.44. The Kier molecular flexibility index (Phi) is 3.36. The number of para-hydroxylation sites is 1. The third kappa shape index (κ3) is 2.67. The fraction of sp³-hybridized carbons (Fsp3) is 0.0625. The third-order valence-electron chi connectivity index (χ3n) is 3.28. The SMILES string of the molecule is O=C(Nc1cccc(C(F)(F)F)c1)c1c[nH]c2ccccc12. The Morgan fingerprint density at radius 1 is 1.05 bits per heavy atom. The summed E-state index contributed by atoms with van der Waals surface area (Å²) in [6, 6.07) is 11.7. The number of carbonyl (C=O) groups excluding carboxylic acids is 1. The zero-order valence-electron chi connectivity index (χ0n) is 11.2. The second kappa shape index (κ2) is 5.22. The summed E-state index contributed by atoms with van der Waals surface area (Å²) in [4.78, 5) is 15.2. The number of H-pyrrole nitrogens is 1. The van der Waals surface area contributed by atoms with Crippen molar-refractivity contribution >= 4 is 22.5 Å². The van der Waals surface area contributed by atoms with Gasteiger partial charge in [-0.05, 0) is 24.3 Å². The number of fused-ring (bicyclic) bond motifs is 1. The minimum Gasteiger partial charge on any atom is -0.360 e. The highest BCUT2D eigenvalue weighted by Gasteiger charge is 2.30.